The lowest BCUT2D eigenvalue weighted by atomic mass is 10.0. The van der Waals surface area contributed by atoms with Crippen LogP contribution in [-0.2, 0) is 4.79 Å². The highest BCUT2D eigenvalue weighted by molar-refractivity contribution is 7.19. The highest BCUT2D eigenvalue weighted by atomic mass is 32.1. The number of para-hydroxylation sites is 2. The molecular formula is C27H21N3O2S. The van der Waals surface area contributed by atoms with E-state index < -0.39 is 5.97 Å². The van der Waals surface area contributed by atoms with Crippen molar-refractivity contribution in [3.05, 3.63) is 102 Å². The third-order valence-electron chi connectivity index (χ3n) is 5.32. The van der Waals surface area contributed by atoms with Gasteiger partial charge in [0.05, 0.1) is 21.6 Å². The van der Waals surface area contributed by atoms with Gasteiger partial charge in [-0.2, -0.15) is 5.10 Å². The summed E-state index contributed by atoms with van der Waals surface area (Å²) in [6.45, 7) is 0. The average molecular weight is 452 g/mol. The van der Waals surface area contributed by atoms with Crippen molar-refractivity contribution < 1.29 is 9.90 Å². The van der Waals surface area contributed by atoms with Gasteiger partial charge in [0, 0.05) is 23.7 Å². The lowest BCUT2D eigenvalue weighted by molar-refractivity contribution is -0.136. The van der Waals surface area contributed by atoms with Gasteiger partial charge in [-0.3, -0.25) is 4.79 Å². The minimum Gasteiger partial charge on any atom is -0.481 e. The topological polar surface area (TPSA) is 68.0 Å². The fraction of sp³-hybridized carbons (Fsp3) is 0.0741. The number of aliphatic carboxylic acids is 1. The minimum absolute atomic E-state index is 0.0370. The normalized spacial score (nSPS) is 11.7. The smallest absolute Gasteiger partial charge is 0.303 e. The summed E-state index contributed by atoms with van der Waals surface area (Å²) in [5, 5.41) is 15.1. The molecule has 6 heteroatoms. The van der Waals surface area contributed by atoms with Crippen LogP contribution in [0.15, 0.2) is 91.1 Å². The minimum atomic E-state index is -0.828. The van der Waals surface area contributed by atoms with Gasteiger partial charge < -0.3 is 5.11 Å². The summed E-state index contributed by atoms with van der Waals surface area (Å²) >= 11 is 1.58. The molecular weight excluding hydrogens is 430 g/mol. The molecule has 3 aromatic carbocycles. The number of hydrogen-bond donors (Lipinski definition) is 1. The first-order valence-corrected chi connectivity index (χ1v) is 11.5. The largest absolute Gasteiger partial charge is 0.481 e. The van der Waals surface area contributed by atoms with Gasteiger partial charge in [0.2, 0.25) is 0 Å². The van der Waals surface area contributed by atoms with Crippen molar-refractivity contribution in [2.45, 2.75) is 12.8 Å². The number of aromatic nitrogens is 3. The molecule has 0 fully saturated rings. The zero-order chi connectivity index (χ0) is 22.6. The first kappa shape index (κ1) is 20.8. The number of carboxylic acids is 1. The number of benzene rings is 3. The molecule has 0 aliphatic carbocycles. The number of carboxylic acid groups (broad SMARTS) is 1. The summed E-state index contributed by atoms with van der Waals surface area (Å²) in [4.78, 5) is 16.2. The third kappa shape index (κ3) is 4.61. The molecule has 162 valence electrons. The summed E-state index contributed by atoms with van der Waals surface area (Å²) in [5.74, 6) is -0.828. The highest BCUT2D eigenvalue weighted by Crippen LogP contribution is 2.33. The van der Waals surface area contributed by atoms with Crippen molar-refractivity contribution in [2.75, 3.05) is 0 Å². The second-order valence-corrected chi connectivity index (χ2v) is 8.66. The molecule has 0 saturated carbocycles. The zero-order valence-corrected chi connectivity index (χ0v) is 18.6. The van der Waals surface area contributed by atoms with E-state index in [1.807, 2.05) is 102 Å². The van der Waals surface area contributed by atoms with E-state index in [-0.39, 0.29) is 6.42 Å². The lowest BCUT2D eigenvalue weighted by Crippen LogP contribution is -1.95. The van der Waals surface area contributed by atoms with E-state index in [1.54, 1.807) is 11.3 Å². The van der Waals surface area contributed by atoms with Crippen LogP contribution in [0.4, 0.5) is 0 Å². The van der Waals surface area contributed by atoms with Crippen molar-refractivity contribution in [3.8, 4) is 16.9 Å². The average Bonchev–Trinajstić information content (AvgIpc) is 3.47. The van der Waals surface area contributed by atoms with Crippen LogP contribution in [0.1, 0.15) is 23.4 Å². The first-order chi connectivity index (χ1) is 16.2. The van der Waals surface area contributed by atoms with Gasteiger partial charge in [0.15, 0.2) is 0 Å². The molecule has 2 aromatic heterocycles. The SMILES string of the molecule is O=C(O)CC/C(=C/c1cn(-c2ccccc2)nc1-c1ccccc1)c1nc2ccccc2s1. The second-order valence-electron chi connectivity index (χ2n) is 7.63. The zero-order valence-electron chi connectivity index (χ0n) is 17.8. The van der Waals surface area contributed by atoms with E-state index in [9.17, 15) is 9.90 Å². The van der Waals surface area contributed by atoms with E-state index in [2.05, 4.69) is 0 Å². The number of fused-ring (bicyclic) bond motifs is 1. The van der Waals surface area contributed by atoms with Crippen LogP contribution in [0, 0.1) is 0 Å². The van der Waals surface area contributed by atoms with E-state index in [4.69, 9.17) is 10.1 Å². The van der Waals surface area contributed by atoms with Gasteiger partial charge in [-0.1, -0.05) is 60.7 Å². The predicted molar refractivity (Wildman–Crippen MR) is 133 cm³/mol. The van der Waals surface area contributed by atoms with Crippen molar-refractivity contribution in [1.82, 2.24) is 14.8 Å². The second kappa shape index (κ2) is 9.22. The Morgan fingerprint density at radius 3 is 2.33 bits per heavy atom. The summed E-state index contributed by atoms with van der Waals surface area (Å²) in [6, 6.07) is 27.9. The van der Waals surface area contributed by atoms with Crippen LogP contribution < -0.4 is 0 Å². The Hall–Kier alpha value is -4.03. The van der Waals surface area contributed by atoms with E-state index in [1.165, 1.54) is 0 Å². The first-order valence-electron chi connectivity index (χ1n) is 10.7. The molecule has 5 aromatic rings. The highest BCUT2D eigenvalue weighted by Gasteiger charge is 2.15. The Morgan fingerprint density at radius 1 is 0.909 bits per heavy atom. The summed E-state index contributed by atoms with van der Waals surface area (Å²) in [6.07, 6.45) is 4.45. The molecule has 33 heavy (non-hydrogen) atoms. The molecule has 0 amide bonds. The van der Waals surface area contributed by atoms with Crippen molar-refractivity contribution in [2.24, 2.45) is 0 Å². The number of thiazole rings is 1. The van der Waals surface area contributed by atoms with Crippen LogP contribution in [0.25, 0.3) is 38.8 Å². The number of allylic oxidation sites excluding steroid dienone is 1. The quantitative estimate of drug-likeness (QED) is 0.304. The number of nitrogens with zero attached hydrogens (tertiary/aromatic N) is 3. The van der Waals surface area contributed by atoms with E-state index in [0.717, 1.165) is 43.3 Å². The molecule has 0 saturated heterocycles. The molecule has 0 spiro atoms. The molecule has 0 aliphatic heterocycles. The molecule has 0 atom stereocenters. The van der Waals surface area contributed by atoms with Gasteiger partial charge in [-0.15, -0.1) is 11.3 Å². The lowest BCUT2D eigenvalue weighted by Gasteiger charge is -2.04. The maximum atomic E-state index is 11.4. The standard InChI is InChI=1S/C27H21N3O2S/c31-25(32)16-15-20(27-28-23-13-7-8-14-24(23)33-27)17-21-18-30(22-11-5-2-6-12-22)29-26(21)19-9-3-1-4-10-19/h1-14,17-18H,15-16H2,(H,31,32)/b20-17-. The van der Waals surface area contributed by atoms with Crippen molar-refractivity contribution >= 4 is 39.2 Å². The Labute approximate surface area is 195 Å². The van der Waals surface area contributed by atoms with Crippen LogP contribution in [0.2, 0.25) is 0 Å². The Balaban J connectivity index is 1.65. The molecule has 2 heterocycles. The molecule has 1 N–H and O–H groups in total. The van der Waals surface area contributed by atoms with Crippen molar-refractivity contribution in [1.29, 1.82) is 0 Å². The van der Waals surface area contributed by atoms with E-state index >= 15 is 0 Å². The Bertz CT molecular complexity index is 1400. The summed E-state index contributed by atoms with van der Waals surface area (Å²) < 4.78 is 2.94. The van der Waals surface area contributed by atoms with Crippen LogP contribution in [0.5, 0.6) is 0 Å². The molecule has 5 rings (SSSR count). The number of hydrogen-bond acceptors (Lipinski definition) is 4. The van der Waals surface area contributed by atoms with Gasteiger partial charge in [-0.05, 0) is 42.3 Å². The molecule has 5 nitrogen and oxygen atoms in total. The molecule has 0 aliphatic rings. The van der Waals surface area contributed by atoms with Gasteiger partial charge in [0.1, 0.15) is 5.01 Å². The fourth-order valence-electron chi connectivity index (χ4n) is 3.71. The van der Waals surface area contributed by atoms with Crippen LogP contribution in [-0.4, -0.2) is 25.8 Å². The number of carbonyl (C=O) groups is 1. The summed E-state index contributed by atoms with van der Waals surface area (Å²) in [5.41, 5.74) is 5.53. The Kier molecular flexibility index (Phi) is 5.83. The maximum absolute atomic E-state index is 11.4. The maximum Gasteiger partial charge on any atom is 0.303 e. The molecule has 0 radical (unpaired) electrons. The predicted octanol–water partition coefficient (Wildman–Crippen LogP) is 6.55. The van der Waals surface area contributed by atoms with Crippen molar-refractivity contribution in [3.63, 3.8) is 0 Å². The van der Waals surface area contributed by atoms with Gasteiger partial charge in [0.25, 0.3) is 0 Å². The fourth-order valence-corrected chi connectivity index (χ4v) is 4.72. The van der Waals surface area contributed by atoms with Gasteiger partial charge in [-0.25, -0.2) is 9.67 Å². The number of rotatable bonds is 7. The van der Waals surface area contributed by atoms with Gasteiger partial charge >= 0.3 is 5.97 Å². The monoisotopic (exact) mass is 451 g/mol. The third-order valence-corrected chi connectivity index (χ3v) is 6.43. The van der Waals surface area contributed by atoms with E-state index in [0.29, 0.717) is 6.42 Å². The summed E-state index contributed by atoms with van der Waals surface area (Å²) in [7, 11) is 0. The Morgan fingerprint density at radius 2 is 1.61 bits per heavy atom. The van der Waals surface area contributed by atoms with Crippen LogP contribution >= 0.6 is 11.3 Å². The molecule has 0 unspecified atom stereocenters. The van der Waals surface area contributed by atoms with Crippen LogP contribution in [0.3, 0.4) is 0 Å². The molecule has 0 bridgehead atoms.